The Hall–Kier alpha value is -0.950. The summed E-state index contributed by atoms with van der Waals surface area (Å²) >= 11 is 3.03. The van der Waals surface area contributed by atoms with Gasteiger partial charge in [0.15, 0.2) is 0 Å². The second kappa shape index (κ2) is 6.87. The molecule has 0 saturated heterocycles. The van der Waals surface area contributed by atoms with E-state index in [0.29, 0.717) is 12.2 Å². The molecule has 0 aromatic heterocycles. The fraction of sp³-hybridized carbons (Fsp3) is 0.571. The molecule has 0 radical (unpaired) electrons. The molecule has 0 aliphatic heterocycles. The first-order valence-electron chi connectivity index (χ1n) is 6.75. The average Bonchev–Trinajstić information content (AvgIpc) is 2.57. The van der Waals surface area contributed by atoms with E-state index in [9.17, 15) is 18.3 Å². The van der Waals surface area contributed by atoms with Crippen molar-refractivity contribution < 1.29 is 27.8 Å². The molecule has 0 heterocycles. The van der Waals surface area contributed by atoms with Crippen molar-refractivity contribution in [2.45, 2.75) is 50.7 Å². The van der Waals surface area contributed by atoms with Crippen molar-refractivity contribution in [2.75, 3.05) is 0 Å². The van der Waals surface area contributed by atoms with Crippen LogP contribution in [0.4, 0.5) is 13.2 Å². The summed E-state index contributed by atoms with van der Waals surface area (Å²) in [5.74, 6) is 0.0821. The van der Waals surface area contributed by atoms with Crippen molar-refractivity contribution >= 4 is 15.9 Å². The monoisotopic (exact) mass is 368 g/mol. The summed E-state index contributed by atoms with van der Waals surface area (Å²) in [6.07, 6.45) is -1.20. The van der Waals surface area contributed by atoms with Gasteiger partial charge in [-0.3, -0.25) is 0 Å². The van der Waals surface area contributed by atoms with Crippen LogP contribution in [0.2, 0.25) is 0 Å². The number of ether oxygens (including phenoxy) is 2. The van der Waals surface area contributed by atoms with Gasteiger partial charge < -0.3 is 14.6 Å². The number of hydrogen-bond donors (Lipinski definition) is 1. The maximum Gasteiger partial charge on any atom is 0.573 e. The molecule has 1 aromatic rings. The fourth-order valence-electron chi connectivity index (χ4n) is 2.33. The fourth-order valence-corrected chi connectivity index (χ4v) is 2.77. The molecule has 2 atom stereocenters. The van der Waals surface area contributed by atoms with E-state index in [2.05, 4.69) is 20.7 Å². The first kappa shape index (κ1) is 16.4. The van der Waals surface area contributed by atoms with Gasteiger partial charge in [-0.1, -0.05) is 12.8 Å². The minimum atomic E-state index is -4.73. The van der Waals surface area contributed by atoms with Crippen molar-refractivity contribution in [3.63, 3.8) is 0 Å². The molecule has 1 aliphatic carbocycles. The molecule has 0 spiro atoms. The molecule has 2 rings (SSSR count). The molecule has 1 N–H and O–H groups in total. The summed E-state index contributed by atoms with van der Waals surface area (Å²) < 4.78 is 46.3. The average molecular weight is 369 g/mol. The number of hydrogen-bond acceptors (Lipinski definition) is 3. The minimum Gasteiger partial charge on any atom is -0.488 e. The molecule has 1 fully saturated rings. The van der Waals surface area contributed by atoms with E-state index < -0.39 is 12.5 Å². The van der Waals surface area contributed by atoms with Gasteiger partial charge in [-0.2, -0.15) is 0 Å². The van der Waals surface area contributed by atoms with Crippen LogP contribution >= 0.6 is 15.9 Å². The van der Waals surface area contributed by atoms with Crippen molar-refractivity contribution in [3.8, 4) is 11.5 Å². The Kier molecular flexibility index (Phi) is 5.37. The quantitative estimate of drug-likeness (QED) is 0.802. The van der Waals surface area contributed by atoms with Crippen LogP contribution in [0.5, 0.6) is 11.5 Å². The first-order valence-corrected chi connectivity index (χ1v) is 7.54. The summed E-state index contributed by atoms with van der Waals surface area (Å²) in [4.78, 5) is 0. The van der Waals surface area contributed by atoms with Gasteiger partial charge in [-0.25, -0.2) is 0 Å². The molecule has 1 aromatic carbocycles. The number of aliphatic hydroxyl groups excluding tert-OH is 1. The van der Waals surface area contributed by atoms with Crippen LogP contribution in [0.1, 0.15) is 32.1 Å². The maximum absolute atomic E-state index is 12.2. The zero-order valence-corrected chi connectivity index (χ0v) is 12.8. The molecule has 1 saturated carbocycles. The number of aliphatic hydroxyl groups is 1. The zero-order valence-electron chi connectivity index (χ0n) is 11.2. The summed E-state index contributed by atoms with van der Waals surface area (Å²) in [5.41, 5.74) is 0. The Labute approximate surface area is 129 Å². The lowest BCUT2D eigenvalue weighted by atomic mass is 10.1. The highest BCUT2D eigenvalue weighted by Gasteiger charge is 2.32. The summed E-state index contributed by atoms with van der Waals surface area (Å²) in [5, 5.41) is 9.98. The second-order valence-electron chi connectivity index (χ2n) is 5.00. The van der Waals surface area contributed by atoms with Gasteiger partial charge in [0, 0.05) is 0 Å². The summed E-state index contributed by atoms with van der Waals surface area (Å²) in [6.45, 7) is 0. The maximum atomic E-state index is 12.2. The largest absolute Gasteiger partial charge is 0.573 e. The predicted molar refractivity (Wildman–Crippen MR) is 74.3 cm³/mol. The lowest BCUT2D eigenvalue weighted by molar-refractivity contribution is -0.274. The molecular formula is C14H16BrF3O3. The van der Waals surface area contributed by atoms with Crippen LogP contribution in [0, 0.1) is 0 Å². The third-order valence-corrected chi connectivity index (χ3v) is 3.95. The van der Waals surface area contributed by atoms with E-state index >= 15 is 0 Å². The first-order chi connectivity index (χ1) is 9.85. The second-order valence-corrected chi connectivity index (χ2v) is 5.86. The summed E-state index contributed by atoms with van der Waals surface area (Å²) in [6, 6.07) is 4.01. The highest BCUT2D eigenvalue weighted by Crippen LogP contribution is 2.34. The van der Waals surface area contributed by atoms with E-state index in [1.54, 1.807) is 0 Å². The molecule has 2 unspecified atom stereocenters. The lowest BCUT2D eigenvalue weighted by Crippen LogP contribution is -2.30. The van der Waals surface area contributed by atoms with E-state index in [1.165, 1.54) is 18.2 Å². The standard InChI is InChI=1S/C14H16BrF3O3/c15-10-8-9(6-7-12(10)21-14(16,17)18)20-13-5-3-1-2-4-11(13)19/h6-8,11,13,19H,1-5H2. The highest BCUT2D eigenvalue weighted by molar-refractivity contribution is 9.10. The number of alkyl halides is 3. The molecule has 3 nitrogen and oxygen atoms in total. The molecule has 0 bridgehead atoms. The van der Waals surface area contributed by atoms with E-state index in [0.717, 1.165) is 25.7 Å². The van der Waals surface area contributed by atoms with Crippen molar-refractivity contribution in [1.29, 1.82) is 0 Å². The van der Waals surface area contributed by atoms with Gasteiger partial charge in [0.1, 0.15) is 17.6 Å². The van der Waals surface area contributed by atoms with E-state index in [-0.39, 0.29) is 16.3 Å². The van der Waals surface area contributed by atoms with Gasteiger partial charge in [-0.15, -0.1) is 13.2 Å². The van der Waals surface area contributed by atoms with Crippen LogP contribution in [-0.4, -0.2) is 23.7 Å². The van der Waals surface area contributed by atoms with Gasteiger partial charge in [0.2, 0.25) is 0 Å². The molecule has 21 heavy (non-hydrogen) atoms. The summed E-state index contributed by atoms with van der Waals surface area (Å²) in [7, 11) is 0. The SMILES string of the molecule is OC1CCCCCC1Oc1ccc(OC(F)(F)F)c(Br)c1. The third kappa shape index (κ3) is 5.07. The molecule has 118 valence electrons. The van der Waals surface area contributed by atoms with E-state index in [1.807, 2.05) is 0 Å². The number of rotatable bonds is 3. The van der Waals surface area contributed by atoms with E-state index in [4.69, 9.17) is 4.74 Å². The Balaban J connectivity index is 2.05. The Morgan fingerprint density at radius 3 is 2.52 bits per heavy atom. The Morgan fingerprint density at radius 1 is 1.14 bits per heavy atom. The smallest absolute Gasteiger partial charge is 0.488 e. The molecular weight excluding hydrogens is 353 g/mol. The normalized spacial score (nSPS) is 23.5. The topological polar surface area (TPSA) is 38.7 Å². The van der Waals surface area contributed by atoms with Crippen molar-refractivity contribution in [1.82, 2.24) is 0 Å². The Morgan fingerprint density at radius 2 is 1.86 bits per heavy atom. The molecule has 7 heteroatoms. The van der Waals surface area contributed by atoms with Gasteiger partial charge in [0.25, 0.3) is 0 Å². The predicted octanol–water partition coefficient (Wildman–Crippen LogP) is 4.42. The number of halogens is 4. The van der Waals surface area contributed by atoms with Crippen LogP contribution in [0.15, 0.2) is 22.7 Å². The molecule has 0 amide bonds. The van der Waals surface area contributed by atoms with Gasteiger partial charge in [-0.05, 0) is 53.4 Å². The zero-order chi connectivity index (χ0) is 15.5. The van der Waals surface area contributed by atoms with Crippen LogP contribution in [-0.2, 0) is 0 Å². The van der Waals surface area contributed by atoms with Crippen molar-refractivity contribution in [3.05, 3.63) is 22.7 Å². The van der Waals surface area contributed by atoms with Crippen LogP contribution in [0.3, 0.4) is 0 Å². The Bertz CT molecular complexity index is 479. The minimum absolute atomic E-state index is 0.153. The number of benzene rings is 1. The van der Waals surface area contributed by atoms with Crippen molar-refractivity contribution in [2.24, 2.45) is 0 Å². The molecule has 1 aliphatic rings. The van der Waals surface area contributed by atoms with Gasteiger partial charge >= 0.3 is 6.36 Å². The lowest BCUT2D eigenvalue weighted by Gasteiger charge is -2.22. The third-order valence-electron chi connectivity index (χ3n) is 3.33. The van der Waals surface area contributed by atoms with Crippen LogP contribution in [0.25, 0.3) is 0 Å². The van der Waals surface area contributed by atoms with Gasteiger partial charge in [0.05, 0.1) is 10.6 Å². The van der Waals surface area contributed by atoms with Crippen LogP contribution < -0.4 is 9.47 Å². The highest BCUT2D eigenvalue weighted by atomic mass is 79.9.